The van der Waals surface area contributed by atoms with Crippen molar-refractivity contribution in [3.63, 3.8) is 0 Å². The molecule has 0 amide bonds. The molecule has 0 aliphatic rings. The third-order valence-corrected chi connectivity index (χ3v) is 3.97. The van der Waals surface area contributed by atoms with Gasteiger partial charge in [0.1, 0.15) is 0 Å². The third kappa shape index (κ3) is 3.56. The molecular weight excluding hydrogens is 242 g/mol. The highest BCUT2D eigenvalue weighted by Crippen LogP contribution is 2.16. The molecule has 18 heavy (non-hydrogen) atoms. The first-order chi connectivity index (χ1) is 8.83. The number of hydrogen-bond acceptors (Lipinski definition) is 3. The van der Waals surface area contributed by atoms with Crippen molar-refractivity contribution in [2.45, 2.75) is 39.5 Å². The van der Waals surface area contributed by atoms with Crippen LogP contribution in [-0.2, 0) is 6.42 Å². The number of thiazole rings is 1. The molecule has 1 N–H and O–H groups in total. The normalized spacial score (nSPS) is 13.2. The van der Waals surface area contributed by atoms with Crippen molar-refractivity contribution in [3.8, 4) is 0 Å². The minimum absolute atomic E-state index is 0.714. The second-order valence-electron chi connectivity index (χ2n) is 4.89. The summed E-state index contributed by atoms with van der Waals surface area (Å²) in [6.45, 7) is 6.72. The van der Waals surface area contributed by atoms with Crippen molar-refractivity contribution in [2.75, 3.05) is 13.1 Å². The van der Waals surface area contributed by atoms with E-state index in [1.807, 2.05) is 0 Å². The predicted octanol–water partition coefficient (Wildman–Crippen LogP) is 3.35. The molecule has 2 heterocycles. The van der Waals surface area contributed by atoms with Crippen LogP contribution < -0.4 is 5.32 Å². The van der Waals surface area contributed by atoms with E-state index < -0.39 is 0 Å². The second kappa shape index (κ2) is 6.90. The highest BCUT2D eigenvalue weighted by molar-refractivity contribution is 7.15. The van der Waals surface area contributed by atoms with Gasteiger partial charge >= 0.3 is 0 Å². The van der Waals surface area contributed by atoms with E-state index in [2.05, 4.69) is 46.3 Å². The maximum absolute atomic E-state index is 4.68. The van der Waals surface area contributed by atoms with Crippen molar-refractivity contribution in [3.05, 3.63) is 23.5 Å². The maximum atomic E-state index is 4.68. The number of fused-ring (bicyclic) bond motifs is 1. The number of nitrogens with one attached hydrogen (secondary N) is 1. The van der Waals surface area contributed by atoms with Crippen LogP contribution in [0.25, 0.3) is 4.96 Å². The Hall–Kier alpha value is -0.870. The zero-order valence-electron chi connectivity index (χ0n) is 11.4. The van der Waals surface area contributed by atoms with Crippen molar-refractivity contribution in [2.24, 2.45) is 5.92 Å². The van der Waals surface area contributed by atoms with Crippen LogP contribution >= 0.6 is 11.3 Å². The summed E-state index contributed by atoms with van der Waals surface area (Å²) >= 11 is 1.71. The van der Waals surface area contributed by atoms with Gasteiger partial charge in [0.15, 0.2) is 4.96 Å². The number of rotatable bonds is 8. The van der Waals surface area contributed by atoms with Gasteiger partial charge in [0.2, 0.25) is 0 Å². The van der Waals surface area contributed by atoms with E-state index in [-0.39, 0.29) is 0 Å². The first-order valence-electron chi connectivity index (χ1n) is 6.95. The van der Waals surface area contributed by atoms with Crippen molar-refractivity contribution in [1.29, 1.82) is 0 Å². The zero-order valence-corrected chi connectivity index (χ0v) is 12.2. The van der Waals surface area contributed by atoms with E-state index in [9.17, 15) is 0 Å². The van der Waals surface area contributed by atoms with Crippen LogP contribution in [0.4, 0.5) is 0 Å². The highest BCUT2D eigenvalue weighted by Gasteiger charge is 2.11. The van der Waals surface area contributed by atoms with Crippen molar-refractivity contribution >= 4 is 16.3 Å². The molecule has 0 bridgehead atoms. The molecule has 0 saturated carbocycles. The van der Waals surface area contributed by atoms with E-state index in [4.69, 9.17) is 0 Å². The number of aromatic nitrogens is 2. The minimum atomic E-state index is 0.714. The van der Waals surface area contributed by atoms with Gasteiger partial charge in [-0.3, -0.25) is 4.40 Å². The van der Waals surface area contributed by atoms with E-state index in [1.54, 1.807) is 11.3 Å². The molecule has 100 valence electrons. The molecule has 0 aliphatic heterocycles. The fourth-order valence-electron chi connectivity index (χ4n) is 2.34. The summed E-state index contributed by atoms with van der Waals surface area (Å²) in [4.78, 5) is 5.79. The fourth-order valence-corrected chi connectivity index (χ4v) is 3.06. The molecule has 0 saturated heterocycles. The molecule has 2 aromatic heterocycles. The number of nitrogens with zero attached hydrogens (tertiary/aromatic N) is 2. The van der Waals surface area contributed by atoms with Gasteiger partial charge in [-0.15, -0.1) is 11.3 Å². The summed E-state index contributed by atoms with van der Waals surface area (Å²) in [5.41, 5.74) is 1.23. The largest absolute Gasteiger partial charge is 0.316 e. The van der Waals surface area contributed by atoms with Gasteiger partial charge in [-0.2, -0.15) is 0 Å². The Bertz CT molecular complexity index is 432. The van der Waals surface area contributed by atoms with Gasteiger partial charge in [0.25, 0.3) is 0 Å². The molecule has 3 nitrogen and oxygen atoms in total. The van der Waals surface area contributed by atoms with Gasteiger partial charge in [0, 0.05) is 17.8 Å². The first kappa shape index (κ1) is 13.6. The second-order valence-corrected chi connectivity index (χ2v) is 5.76. The molecule has 2 rings (SSSR count). The van der Waals surface area contributed by atoms with Gasteiger partial charge in [-0.25, -0.2) is 4.98 Å². The first-order valence-corrected chi connectivity index (χ1v) is 7.83. The Labute approximate surface area is 113 Å². The van der Waals surface area contributed by atoms with Crippen molar-refractivity contribution in [1.82, 2.24) is 14.7 Å². The molecule has 0 radical (unpaired) electrons. The Morgan fingerprint density at radius 1 is 1.39 bits per heavy atom. The summed E-state index contributed by atoms with van der Waals surface area (Å²) < 4.78 is 2.13. The summed E-state index contributed by atoms with van der Waals surface area (Å²) in [7, 11) is 0. The smallest absolute Gasteiger partial charge is 0.193 e. The molecule has 2 aromatic rings. The SMILES string of the molecule is CCCNCC(CCC)Cc1cn2ccsc2n1. The molecule has 0 aromatic carbocycles. The predicted molar refractivity (Wildman–Crippen MR) is 78.3 cm³/mol. The summed E-state index contributed by atoms with van der Waals surface area (Å²) in [6.07, 6.45) is 9.09. The van der Waals surface area contributed by atoms with Crippen LogP contribution in [0.15, 0.2) is 17.8 Å². The van der Waals surface area contributed by atoms with E-state index in [0.29, 0.717) is 5.92 Å². The molecule has 0 spiro atoms. The molecule has 1 unspecified atom stereocenters. The lowest BCUT2D eigenvalue weighted by molar-refractivity contribution is 0.436. The van der Waals surface area contributed by atoms with Crippen LogP contribution in [0.1, 0.15) is 38.8 Å². The molecular formula is C14H23N3S. The van der Waals surface area contributed by atoms with E-state index in [0.717, 1.165) is 24.5 Å². The lowest BCUT2D eigenvalue weighted by Crippen LogP contribution is -2.25. The average Bonchev–Trinajstić information content (AvgIpc) is 2.90. The highest BCUT2D eigenvalue weighted by atomic mass is 32.1. The molecule has 1 atom stereocenters. The molecule has 0 aliphatic carbocycles. The van der Waals surface area contributed by atoms with Crippen LogP contribution in [0.2, 0.25) is 0 Å². The molecule has 4 heteroatoms. The third-order valence-electron chi connectivity index (χ3n) is 3.20. The monoisotopic (exact) mass is 265 g/mol. The minimum Gasteiger partial charge on any atom is -0.316 e. The number of hydrogen-bond donors (Lipinski definition) is 1. The van der Waals surface area contributed by atoms with Crippen LogP contribution in [0.5, 0.6) is 0 Å². The van der Waals surface area contributed by atoms with Crippen LogP contribution in [-0.4, -0.2) is 22.5 Å². The summed E-state index contributed by atoms with van der Waals surface area (Å²) in [6, 6.07) is 0. The van der Waals surface area contributed by atoms with Gasteiger partial charge in [0.05, 0.1) is 5.69 Å². The summed E-state index contributed by atoms with van der Waals surface area (Å²) in [5.74, 6) is 0.714. The Morgan fingerprint density at radius 3 is 3.00 bits per heavy atom. The Kier molecular flexibility index (Phi) is 5.20. The zero-order chi connectivity index (χ0) is 12.8. The van der Waals surface area contributed by atoms with Crippen LogP contribution in [0.3, 0.4) is 0 Å². The fraction of sp³-hybridized carbons (Fsp3) is 0.643. The number of imidazole rings is 1. The van der Waals surface area contributed by atoms with Crippen molar-refractivity contribution < 1.29 is 0 Å². The molecule has 0 fully saturated rings. The summed E-state index contributed by atoms with van der Waals surface area (Å²) in [5, 5.41) is 5.62. The van der Waals surface area contributed by atoms with E-state index >= 15 is 0 Å². The lowest BCUT2D eigenvalue weighted by Gasteiger charge is -2.15. The van der Waals surface area contributed by atoms with Crippen LogP contribution in [0, 0.1) is 5.92 Å². The topological polar surface area (TPSA) is 29.3 Å². The quantitative estimate of drug-likeness (QED) is 0.742. The maximum Gasteiger partial charge on any atom is 0.193 e. The van der Waals surface area contributed by atoms with Gasteiger partial charge in [-0.1, -0.05) is 20.3 Å². The Balaban J connectivity index is 1.92. The lowest BCUT2D eigenvalue weighted by atomic mass is 9.98. The van der Waals surface area contributed by atoms with Gasteiger partial charge < -0.3 is 5.32 Å². The average molecular weight is 265 g/mol. The Morgan fingerprint density at radius 2 is 2.28 bits per heavy atom. The van der Waals surface area contributed by atoms with E-state index in [1.165, 1.54) is 25.0 Å². The van der Waals surface area contributed by atoms with Gasteiger partial charge in [-0.05, 0) is 38.3 Å². The standard InChI is InChI=1S/C14H23N3S/c1-3-5-12(10-15-6-4-2)9-13-11-17-7-8-18-14(17)16-13/h7-8,11-12,15H,3-6,9-10H2,1-2H3.